The fourth-order valence-corrected chi connectivity index (χ4v) is 5.37. The summed E-state index contributed by atoms with van der Waals surface area (Å²) >= 11 is 1.85. The predicted octanol–water partition coefficient (Wildman–Crippen LogP) is 3.36. The lowest BCUT2D eigenvalue weighted by atomic mass is 9.96. The molecular weight excluding hydrogens is 396 g/mol. The molecule has 1 amide bonds. The summed E-state index contributed by atoms with van der Waals surface area (Å²) in [5.74, 6) is 1.04. The molecule has 1 aliphatic carbocycles. The summed E-state index contributed by atoms with van der Waals surface area (Å²) < 4.78 is 0. The Morgan fingerprint density at radius 1 is 1.27 bits per heavy atom. The summed E-state index contributed by atoms with van der Waals surface area (Å²) in [6.07, 6.45) is 8.05. The monoisotopic (exact) mass is 428 g/mol. The van der Waals surface area contributed by atoms with Crippen LogP contribution in [0.25, 0.3) is 0 Å². The van der Waals surface area contributed by atoms with Crippen LogP contribution in [0.1, 0.15) is 57.4 Å². The van der Waals surface area contributed by atoms with Gasteiger partial charge in [-0.3, -0.25) is 10.0 Å². The molecule has 1 aliphatic heterocycles. The van der Waals surface area contributed by atoms with Gasteiger partial charge in [0.2, 0.25) is 0 Å². The van der Waals surface area contributed by atoms with Crippen LogP contribution in [0, 0.1) is 12.8 Å². The number of carbonyl (C=O) groups is 1. The van der Waals surface area contributed by atoms with Gasteiger partial charge in [-0.15, -0.1) is 11.3 Å². The third-order valence-corrected chi connectivity index (χ3v) is 7.47. The summed E-state index contributed by atoms with van der Waals surface area (Å²) in [6.45, 7) is 6.77. The molecule has 0 spiro atoms. The van der Waals surface area contributed by atoms with Crippen LogP contribution in [-0.2, 0) is 6.42 Å². The number of likely N-dealkylation sites (tertiary alicyclic amines) is 1. The van der Waals surface area contributed by atoms with Crippen molar-refractivity contribution in [3.8, 4) is 0 Å². The predicted molar refractivity (Wildman–Crippen MR) is 119 cm³/mol. The van der Waals surface area contributed by atoms with E-state index < -0.39 is 5.91 Å². The Morgan fingerprint density at radius 3 is 2.70 bits per heavy atom. The quantitative estimate of drug-likeness (QED) is 0.422. The van der Waals surface area contributed by atoms with Crippen molar-refractivity contribution in [1.82, 2.24) is 20.7 Å². The van der Waals surface area contributed by atoms with E-state index >= 15 is 0 Å². The maximum atomic E-state index is 11.4. The van der Waals surface area contributed by atoms with E-state index in [1.165, 1.54) is 47.8 Å². The highest BCUT2D eigenvalue weighted by atomic mass is 32.1. The normalized spacial score (nSPS) is 22.2. The average molecular weight is 429 g/mol. The Kier molecular flexibility index (Phi) is 7.15. The number of hydrogen-bond donors (Lipinski definition) is 3. The number of thiazole rings is 1. The van der Waals surface area contributed by atoms with Crippen LogP contribution in [0.5, 0.6) is 0 Å². The summed E-state index contributed by atoms with van der Waals surface area (Å²) in [6, 6.07) is 8.14. The molecule has 1 aromatic heterocycles. The van der Waals surface area contributed by atoms with Gasteiger partial charge in [0.15, 0.2) is 0 Å². The van der Waals surface area contributed by atoms with Crippen molar-refractivity contribution in [2.75, 3.05) is 26.2 Å². The van der Waals surface area contributed by atoms with E-state index in [1.807, 2.05) is 23.5 Å². The molecule has 6 nitrogen and oxygen atoms in total. The van der Waals surface area contributed by atoms with Crippen molar-refractivity contribution in [2.24, 2.45) is 5.92 Å². The first-order valence-electron chi connectivity index (χ1n) is 11.0. The number of carbonyl (C=O) groups excluding carboxylic acids is 1. The molecule has 162 valence electrons. The van der Waals surface area contributed by atoms with E-state index in [-0.39, 0.29) is 0 Å². The lowest BCUT2D eigenvalue weighted by molar-refractivity contribution is 0.0706. The zero-order valence-corrected chi connectivity index (χ0v) is 18.5. The molecule has 0 radical (unpaired) electrons. The number of piperidine rings is 1. The molecular formula is C23H32N4O2S. The van der Waals surface area contributed by atoms with Gasteiger partial charge >= 0.3 is 0 Å². The first-order chi connectivity index (χ1) is 14.6. The number of hydrogen-bond acceptors (Lipinski definition) is 6. The van der Waals surface area contributed by atoms with Gasteiger partial charge in [-0.2, -0.15) is 0 Å². The number of amides is 1. The second-order valence-electron chi connectivity index (χ2n) is 8.67. The fraction of sp³-hybridized carbons (Fsp3) is 0.565. The Morgan fingerprint density at radius 2 is 2.03 bits per heavy atom. The van der Waals surface area contributed by atoms with Gasteiger partial charge in [-0.25, -0.2) is 10.5 Å². The Hall–Kier alpha value is -1.80. The van der Waals surface area contributed by atoms with Gasteiger partial charge in [0.25, 0.3) is 5.91 Å². The fourth-order valence-electron chi connectivity index (χ4n) is 4.41. The number of rotatable bonds is 9. The van der Waals surface area contributed by atoms with Crippen molar-refractivity contribution in [3.63, 3.8) is 0 Å². The second kappa shape index (κ2) is 10.0. The molecule has 2 unspecified atom stereocenters. The highest BCUT2D eigenvalue weighted by molar-refractivity contribution is 7.11. The van der Waals surface area contributed by atoms with Gasteiger partial charge in [0.1, 0.15) is 0 Å². The largest absolute Gasteiger partial charge is 0.313 e. The van der Waals surface area contributed by atoms with Gasteiger partial charge in [0, 0.05) is 28.6 Å². The Balaban J connectivity index is 1.09. The van der Waals surface area contributed by atoms with Crippen molar-refractivity contribution in [1.29, 1.82) is 0 Å². The van der Waals surface area contributed by atoms with E-state index in [0.29, 0.717) is 17.5 Å². The maximum Gasteiger partial charge on any atom is 0.274 e. The van der Waals surface area contributed by atoms with Gasteiger partial charge in [-0.05, 0) is 88.8 Å². The lowest BCUT2D eigenvalue weighted by Crippen LogP contribution is -2.38. The molecule has 1 aromatic carbocycles. The molecule has 2 aliphatic rings. The van der Waals surface area contributed by atoms with Gasteiger partial charge < -0.3 is 10.2 Å². The lowest BCUT2D eigenvalue weighted by Gasteiger charge is -2.32. The van der Waals surface area contributed by atoms with Crippen LogP contribution in [0.4, 0.5) is 0 Å². The third kappa shape index (κ3) is 5.66. The minimum Gasteiger partial charge on any atom is -0.313 e. The minimum absolute atomic E-state index is 0.463. The number of hydroxylamine groups is 1. The van der Waals surface area contributed by atoms with Crippen LogP contribution < -0.4 is 10.8 Å². The summed E-state index contributed by atoms with van der Waals surface area (Å²) in [5.41, 5.74) is 3.39. The Bertz CT molecular complexity index is 830. The molecule has 1 saturated heterocycles. The van der Waals surface area contributed by atoms with E-state index in [1.54, 1.807) is 17.6 Å². The Labute approximate surface area is 182 Å². The first-order valence-corrected chi connectivity index (χ1v) is 11.9. The highest BCUT2D eigenvalue weighted by Gasteiger charge is 2.39. The molecule has 7 heteroatoms. The van der Waals surface area contributed by atoms with Crippen molar-refractivity contribution < 1.29 is 10.0 Å². The second-order valence-corrected chi connectivity index (χ2v) is 9.93. The topological polar surface area (TPSA) is 77.5 Å². The van der Waals surface area contributed by atoms with E-state index in [0.717, 1.165) is 31.8 Å². The standard InChI is InChI=1S/C23H32N4O2S/c1-16-24-15-22(30-16)20-13-21(20)25-14-18-8-11-27(12-9-18)10-2-3-17-4-6-19(7-5-17)23(28)26-29/h4-7,15,18,20-21,25,29H,2-3,8-14H2,1H3,(H,26,28). The minimum atomic E-state index is -0.463. The molecule has 0 bridgehead atoms. The van der Waals surface area contributed by atoms with Crippen LogP contribution in [0.2, 0.25) is 0 Å². The maximum absolute atomic E-state index is 11.4. The molecule has 4 rings (SSSR count). The van der Waals surface area contributed by atoms with Gasteiger partial charge in [-0.1, -0.05) is 12.1 Å². The van der Waals surface area contributed by atoms with Gasteiger partial charge in [0.05, 0.1) is 5.01 Å². The number of aromatic nitrogens is 1. The molecule has 2 fully saturated rings. The zero-order valence-electron chi connectivity index (χ0n) is 17.6. The SMILES string of the molecule is Cc1ncc(C2CC2NCC2CCN(CCCc3ccc(C(=O)NO)cc3)CC2)s1. The number of aryl methyl sites for hydroxylation is 2. The molecule has 2 aromatic rings. The van der Waals surface area contributed by atoms with Crippen molar-refractivity contribution in [2.45, 2.75) is 51.0 Å². The number of nitrogens with zero attached hydrogens (tertiary/aromatic N) is 2. The molecule has 2 heterocycles. The summed E-state index contributed by atoms with van der Waals surface area (Å²) in [4.78, 5) is 19.8. The first kappa shape index (κ1) is 21.4. The average Bonchev–Trinajstić information content (AvgIpc) is 3.43. The number of benzene rings is 1. The van der Waals surface area contributed by atoms with Crippen molar-refractivity contribution in [3.05, 3.63) is 51.5 Å². The van der Waals surface area contributed by atoms with Crippen molar-refractivity contribution >= 4 is 17.2 Å². The molecule has 30 heavy (non-hydrogen) atoms. The van der Waals surface area contributed by atoms with E-state index in [9.17, 15) is 4.79 Å². The molecule has 2 atom stereocenters. The van der Waals surface area contributed by atoms with Crippen LogP contribution in [0.15, 0.2) is 30.5 Å². The smallest absolute Gasteiger partial charge is 0.274 e. The van der Waals surface area contributed by atoms with Crippen LogP contribution >= 0.6 is 11.3 Å². The molecule has 3 N–H and O–H groups in total. The van der Waals surface area contributed by atoms with E-state index in [2.05, 4.69) is 28.3 Å². The zero-order chi connectivity index (χ0) is 20.9. The van der Waals surface area contributed by atoms with Crippen LogP contribution in [0.3, 0.4) is 0 Å². The van der Waals surface area contributed by atoms with E-state index in [4.69, 9.17) is 5.21 Å². The third-order valence-electron chi connectivity index (χ3n) is 6.43. The summed E-state index contributed by atoms with van der Waals surface area (Å²) in [7, 11) is 0. The highest BCUT2D eigenvalue weighted by Crippen LogP contribution is 2.43. The van der Waals surface area contributed by atoms with Crippen LogP contribution in [-0.4, -0.2) is 53.2 Å². The number of nitrogens with one attached hydrogen (secondary N) is 2. The molecule has 1 saturated carbocycles. The summed E-state index contributed by atoms with van der Waals surface area (Å²) in [5, 5.41) is 13.6.